The molecule has 0 aliphatic carbocycles. The first-order chi connectivity index (χ1) is 7.88. The third-order valence-electron chi connectivity index (χ3n) is 2.05. The van der Waals surface area contributed by atoms with Gasteiger partial charge in [-0.05, 0) is 19.9 Å². The number of rotatable bonds is 6. The molecule has 1 heterocycles. The molecule has 0 spiro atoms. The molecule has 4 N–H and O–H groups in total. The summed E-state index contributed by atoms with van der Waals surface area (Å²) in [4.78, 5) is 10.5. The number of hydrogen-bond acceptors (Lipinski definition) is 5. The van der Waals surface area contributed by atoms with Crippen molar-refractivity contribution >= 4 is 16.0 Å². The molecular formula is C9H14N2O5S. The monoisotopic (exact) mass is 262 g/mol. The lowest BCUT2D eigenvalue weighted by molar-refractivity contribution is 0.0661. The van der Waals surface area contributed by atoms with Crippen LogP contribution in [0.1, 0.15) is 22.7 Å². The second kappa shape index (κ2) is 5.30. The molecule has 0 radical (unpaired) electrons. The van der Waals surface area contributed by atoms with Gasteiger partial charge in [-0.1, -0.05) is 0 Å². The summed E-state index contributed by atoms with van der Waals surface area (Å²) in [6.45, 7) is 1.96. The number of nitrogens with two attached hydrogens (primary N) is 1. The summed E-state index contributed by atoms with van der Waals surface area (Å²) >= 11 is 0. The van der Waals surface area contributed by atoms with E-state index in [9.17, 15) is 13.2 Å². The fourth-order valence-corrected chi connectivity index (χ4v) is 2.47. The first-order valence-electron chi connectivity index (χ1n) is 4.92. The van der Waals surface area contributed by atoms with Gasteiger partial charge in [0.05, 0.1) is 0 Å². The lowest BCUT2D eigenvalue weighted by Crippen LogP contribution is -2.26. The highest BCUT2D eigenvalue weighted by Crippen LogP contribution is 2.19. The van der Waals surface area contributed by atoms with Crippen molar-refractivity contribution in [1.82, 2.24) is 4.72 Å². The van der Waals surface area contributed by atoms with Gasteiger partial charge >= 0.3 is 5.97 Å². The smallest absolute Gasteiger partial charge is 0.371 e. The van der Waals surface area contributed by atoms with Gasteiger partial charge < -0.3 is 15.3 Å². The topological polar surface area (TPSA) is 123 Å². The van der Waals surface area contributed by atoms with Gasteiger partial charge in [-0.3, -0.25) is 0 Å². The Labute approximate surface area is 98.7 Å². The molecule has 0 atom stereocenters. The molecule has 0 amide bonds. The third kappa shape index (κ3) is 3.29. The van der Waals surface area contributed by atoms with Crippen molar-refractivity contribution in [2.45, 2.75) is 18.2 Å². The number of aryl methyl sites for hydroxylation is 1. The predicted octanol–water partition coefficient (Wildman–Crippen LogP) is -0.0867. The Morgan fingerprint density at radius 1 is 1.59 bits per heavy atom. The molecule has 0 saturated heterocycles. The summed E-state index contributed by atoms with van der Waals surface area (Å²) in [6.07, 6.45) is 0.502. The van der Waals surface area contributed by atoms with Crippen LogP contribution in [0.25, 0.3) is 0 Å². The minimum absolute atomic E-state index is 0.0441. The van der Waals surface area contributed by atoms with Crippen molar-refractivity contribution in [3.63, 3.8) is 0 Å². The number of carboxylic acids is 1. The lowest BCUT2D eigenvalue weighted by Gasteiger charge is -2.03. The van der Waals surface area contributed by atoms with E-state index in [4.69, 9.17) is 15.3 Å². The van der Waals surface area contributed by atoms with Gasteiger partial charge in [0.2, 0.25) is 15.8 Å². The van der Waals surface area contributed by atoms with Crippen LogP contribution in [0.5, 0.6) is 0 Å². The van der Waals surface area contributed by atoms with Crippen molar-refractivity contribution in [2.75, 3.05) is 13.1 Å². The molecule has 0 bridgehead atoms. The van der Waals surface area contributed by atoms with Crippen LogP contribution < -0.4 is 10.5 Å². The molecule has 17 heavy (non-hydrogen) atoms. The molecular weight excluding hydrogens is 248 g/mol. The van der Waals surface area contributed by atoms with E-state index >= 15 is 0 Å². The van der Waals surface area contributed by atoms with E-state index in [1.54, 1.807) is 0 Å². The first-order valence-corrected chi connectivity index (χ1v) is 6.40. The summed E-state index contributed by atoms with van der Waals surface area (Å²) < 4.78 is 30.7. The summed E-state index contributed by atoms with van der Waals surface area (Å²) in [5.41, 5.74) is 5.24. The van der Waals surface area contributed by atoms with Crippen LogP contribution in [0.2, 0.25) is 0 Å². The lowest BCUT2D eigenvalue weighted by atomic mass is 10.4. The Bertz CT molecular complexity index is 505. The van der Waals surface area contributed by atoms with Crippen LogP contribution in [0.15, 0.2) is 15.4 Å². The molecule has 0 fully saturated rings. The molecule has 0 aromatic carbocycles. The zero-order valence-electron chi connectivity index (χ0n) is 9.26. The van der Waals surface area contributed by atoms with Gasteiger partial charge in [0, 0.05) is 12.6 Å². The minimum Gasteiger partial charge on any atom is -0.475 e. The van der Waals surface area contributed by atoms with Gasteiger partial charge in [-0.15, -0.1) is 0 Å². The van der Waals surface area contributed by atoms with Crippen LogP contribution in [0.3, 0.4) is 0 Å². The molecule has 1 aromatic heterocycles. The van der Waals surface area contributed by atoms with E-state index in [0.29, 0.717) is 13.0 Å². The number of hydrogen-bond donors (Lipinski definition) is 3. The van der Waals surface area contributed by atoms with Crippen molar-refractivity contribution in [3.8, 4) is 0 Å². The Hall–Kier alpha value is -1.38. The highest BCUT2D eigenvalue weighted by atomic mass is 32.2. The summed E-state index contributed by atoms with van der Waals surface area (Å²) in [5.74, 6) is -1.67. The third-order valence-corrected chi connectivity index (χ3v) is 3.61. The van der Waals surface area contributed by atoms with Crippen LogP contribution in [-0.4, -0.2) is 32.6 Å². The highest BCUT2D eigenvalue weighted by molar-refractivity contribution is 7.89. The molecule has 8 heteroatoms. The summed E-state index contributed by atoms with van der Waals surface area (Å²) in [5, 5.41) is 8.68. The molecule has 1 rings (SSSR count). The van der Waals surface area contributed by atoms with E-state index in [0.717, 1.165) is 6.07 Å². The molecule has 1 aromatic rings. The molecule has 7 nitrogen and oxygen atoms in total. The van der Waals surface area contributed by atoms with Gasteiger partial charge in [-0.25, -0.2) is 17.9 Å². The summed E-state index contributed by atoms with van der Waals surface area (Å²) in [6, 6.07) is 0.989. The largest absolute Gasteiger partial charge is 0.475 e. The molecule has 0 saturated carbocycles. The van der Waals surface area contributed by atoms with E-state index in [-0.39, 0.29) is 17.2 Å². The maximum absolute atomic E-state index is 11.8. The number of sulfonamides is 1. The maximum Gasteiger partial charge on any atom is 0.371 e. The van der Waals surface area contributed by atoms with E-state index in [1.165, 1.54) is 6.92 Å². The first kappa shape index (κ1) is 13.7. The average Bonchev–Trinajstić information content (AvgIpc) is 2.61. The van der Waals surface area contributed by atoms with Crippen LogP contribution in [0.4, 0.5) is 0 Å². The summed E-state index contributed by atoms with van der Waals surface area (Å²) in [7, 11) is -3.74. The van der Waals surface area contributed by atoms with Gasteiger partial charge in [0.1, 0.15) is 10.7 Å². The van der Waals surface area contributed by atoms with Crippen LogP contribution in [-0.2, 0) is 10.0 Å². The zero-order valence-corrected chi connectivity index (χ0v) is 10.1. The van der Waals surface area contributed by atoms with Crippen LogP contribution >= 0.6 is 0 Å². The second-order valence-electron chi connectivity index (χ2n) is 3.38. The maximum atomic E-state index is 11.8. The highest BCUT2D eigenvalue weighted by Gasteiger charge is 2.23. The molecule has 0 aliphatic rings. The molecule has 0 aliphatic heterocycles. The fourth-order valence-electron chi connectivity index (χ4n) is 1.22. The van der Waals surface area contributed by atoms with Crippen LogP contribution in [0, 0.1) is 6.92 Å². The Balaban J connectivity index is 2.95. The Morgan fingerprint density at radius 3 is 2.71 bits per heavy atom. The molecule has 96 valence electrons. The molecule has 0 unspecified atom stereocenters. The number of furan rings is 1. The average molecular weight is 262 g/mol. The Morgan fingerprint density at radius 2 is 2.24 bits per heavy atom. The number of carbonyl (C=O) groups is 1. The van der Waals surface area contributed by atoms with Crippen molar-refractivity contribution in [1.29, 1.82) is 0 Å². The van der Waals surface area contributed by atoms with Crippen molar-refractivity contribution in [2.24, 2.45) is 5.73 Å². The predicted molar refractivity (Wildman–Crippen MR) is 59.3 cm³/mol. The van der Waals surface area contributed by atoms with Gasteiger partial charge in [0.15, 0.2) is 0 Å². The van der Waals surface area contributed by atoms with E-state index < -0.39 is 21.8 Å². The number of nitrogens with one attached hydrogen (secondary N) is 1. The quantitative estimate of drug-likeness (QED) is 0.616. The fraction of sp³-hybridized carbons (Fsp3) is 0.444. The number of aromatic carboxylic acids is 1. The van der Waals surface area contributed by atoms with Crippen molar-refractivity contribution in [3.05, 3.63) is 17.6 Å². The normalized spacial score (nSPS) is 11.6. The second-order valence-corrected chi connectivity index (χ2v) is 5.11. The van der Waals surface area contributed by atoms with Gasteiger partial charge in [-0.2, -0.15) is 0 Å². The van der Waals surface area contributed by atoms with E-state index in [2.05, 4.69) is 4.72 Å². The standard InChI is InChI=1S/C9H14N2O5S/c1-6-8(5-7(16-6)9(12)13)17(14,15)11-4-2-3-10/h5,11H,2-4,10H2,1H3,(H,12,13). The zero-order chi connectivity index (χ0) is 13.1. The van der Waals surface area contributed by atoms with Crippen molar-refractivity contribution < 1.29 is 22.7 Å². The van der Waals surface area contributed by atoms with E-state index in [1.807, 2.05) is 0 Å². The number of carboxylic acid groups (broad SMARTS) is 1. The SMILES string of the molecule is Cc1oc(C(=O)O)cc1S(=O)(=O)NCCCN. The minimum atomic E-state index is -3.74. The Kier molecular flexibility index (Phi) is 4.27. The van der Waals surface area contributed by atoms with Gasteiger partial charge in [0.25, 0.3) is 0 Å².